The van der Waals surface area contributed by atoms with E-state index in [9.17, 15) is 5.11 Å². The lowest BCUT2D eigenvalue weighted by atomic mass is 9.93. The summed E-state index contributed by atoms with van der Waals surface area (Å²) in [6.45, 7) is 4.29. The summed E-state index contributed by atoms with van der Waals surface area (Å²) in [5.41, 5.74) is 1.05. The summed E-state index contributed by atoms with van der Waals surface area (Å²) in [7, 11) is 0. The number of hydrogen-bond donors (Lipinski definition) is 1. The zero-order chi connectivity index (χ0) is 9.84. The van der Waals surface area contributed by atoms with Gasteiger partial charge in [0.25, 0.3) is 0 Å². The van der Waals surface area contributed by atoms with E-state index in [0.717, 1.165) is 22.9 Å². The molecule has 1 N–H and O–H groups in total. The molecule has 0 aliphatic heterocycles. The summed E-state index contributed by atoms with van der Waals surface area (Å²) in [5, 5.41) is 9.69. The molecule has 2 heteroatoms. The van der Waals surface area contributed by atoms with E-state index in [0.29, 0.717) is 11.7 Å². The van der Waals surface area contributed by atoms with Gasteiger partial charge in [0.05, 0.1) is 0 Å². The van der Waals surface area contributed by atoms with Gasteiger partial charge in [-0.3, -0.25) is 0 Å². The van der Waals surface area contributed by atoms with Crippen molar-refractivity contribution in [2.45, 2.75) is 32.6 Å². The molecule has 0 bridgehead atoms. The first kappa shape index (κ1) is 10.6. The summed E-state index contributed by atoms with van der Waals surface area (Å²) in [6, 6.07) is 5.58. The summed E-state index contributed by atoms with van der Waals surface area (Å²) < 4.78 is 1.02. The molecule has 0 unspecified atom stereocenters. The van der Waals surface area contributed by atoms with E-state index in [1.54, 1.807) is 6.07 Å². The standard InChI is InChI=1S/C11H15BrO/c1-3-8(4-2)11-9(12)6-5-7-10(11)13/h5-8,13H,3-4H2,1-2H3. The molecule has 0 aromatic heterocycles. The third-order valence-corrected chi connectivity index (χ3v) is 3.12. The molecule has 0 amide bonds. The van der Waals surface area contributed by atoms with Crippen molar-refractivity contribution in [2.75, 3.05) is 0 Å². The Morgan fingerprint density at radius 2 is 1.92 bits per heavy atom. The Kier molecular flexibility index (Phi) is 3.79. The maximum atomic E-state index is 9.69. The van der Waals surface area contributed by atoms with Crippen LogP contribution < -0.4 is 0 Å². The Hall–Kier alpha value is -0.500. The zero-order valence-electron chi connectivity index (χ0n) is 8.05. The van der Waals surface area contributed by atoms with Gasteiger partial charge in [0.2, 0.25) is 0 Å². The number of rotatable bonds is 3. The highest BCUT2D eigenvalue weighted by Crippen LogP contribution is 2.36. The lowest BCUT2D eigenvalue weighted by molar-refractivity contribution is 0.456. The third kappa shape index (κ3) is 2.25. The number of phenols is 1. The first-order valence-electron chi connectivity index (χ1n) is 4.68. The van der Waals surface area contributed by atoms with Crippen molar-refractivity contribution in [3.63, 3.8) is 0 Å². The molecule has 72 valence electrons. The van der Waals surface area contributed by atoms with Crippen LogP contribution in [0.15, 0.2) is 22.7 Å². The first-order chi connectivity index (χ1) is 6.20. The van der Waals surface area contributed by atoms with Crippen LogP contribution in [0.4, 0.5) is 0 Å². The molecule has 1 aromatic carbocycles. The maximum Gasteiger partial charge on any atom is 0.120 e. The van der Waals surface area contributed by atoms with Crippen LogP contribution in [0, 0.1) is 0 Å². The van der Waals surface area contributed by atoms with Crippen LogP contribution in [0.1, 0.15) is 38.2 Å². The first-order valence-corrected chi connectivity index (χ1v) is 5.47. The fraction of sp³-hybridized carbons (Fsp3) is 0.455. The van der Waals surface area contributed by atoms with Gasteiger partial charge in [-0.05, 0) is 30.9 Å². The fourth-order valence-corrected chi connectivity index (χ4v) is 2.31. The van der Waals surface area contributed by atoms with Crippen molar-refractivity contribution < 1.29 is 5.11 Å². The van der Waals surface area contributed by atoms with Crippen LogP contribution in [0.25, 0.3) is 0 Å². The van der Waals surface area contributed by atoms with Gasteiger partial charge in [0.1, 0.15) is 5.75 Å². The van der Waals surface area contributed by atoms with Crippen molar-refractivity contribution in [3.8, 4) is 5.75 Å². The highest BCUT2D eigenvalue weighted by atomic mass is 79.9. The van der Waals surface area contributed by atoms with Crippen molar-refractivity contribution in [1.82, 2.24) is 0 Å². The van der Waals surface area contributed by atoms with Crippen LogP contribution in [0.3, 0.4) is 0 Å². The summed E-state index contributed by atoms with van der Waals surface area (Å²) in [4.78, 5) is 0. The predicted octanol–water partition coefficient (Wildman–Crippen LogP) is 4.06. The smallest absolute Gasteiger partial charge is 0.120 e. The topological polar surface area (TPSA) is 20.2 Å². The molecule has 0 radical (unpaired) electrons. The van der Waals surface area contributed by atoms with Gasteiger partial charge in [0, 0.05) is 10.0 Å². The molecule has 0 fully saturated rings. The highest BCUT2D eigenvalue weighted by Gasteiger charge is 2.14. The van der Waals surface area contributed by atoms with E-state index in [4.69, 9.17) is 0 Å². The van der Waals surface area contributed by atoms with Gasteiger partial charge >= 0.3 is 0 Å². The average molecular weight is 243 g/mol. The Labute approximate surface area is 87.9 Å². The second kappa shape index (κ2) is 4.66. The Morgan fingerprint density at radius 1 is 1.31 bits per heavy atom. The molecule has 0 saturated heterocycles. The SMILES string of the molecule is CCC(CC)c1c(O)cccc1Br. The van der Waals surface area contributed by atoms with Gasteiger partial charge in [-0.25, -0.2) is 0 Å². The second-order valence-corrected chi connectivity index (χ2v) is 4.04. The van der Waals surface area contributed by atoms with E-state index < -0.39 is 0 Å². The summed E-state index contributed by atoms with van der Waals surface area (Å²) in [6.07, 6.45) is 2.12. The summed E-state index contributed by atoms with van der Waals surface area (Å²) in [5.74, 6) is 0.860. The quantitative estimate of drug-likeness (QED) is 0.848. The molecule has 0 aliphatic rings. The van der Waals surface area contributed by atoms with E-state index >= 15 is 0 Å². The van der Waals surface area contributed by atoms with Gasteiger partial charge in [-0.1, -0.05) is 35.8 Å². The second-order valence-electron chi connectivity index (χ2n) is 3.19. The van der Waals surface area contributed by atoms with Crippen molar-refractivity contribution >= 4 is 15.9 Å². The van der Waals surface area contributed by atoms with Gasteiger partial charge in [-0.2, -0.15) is 0 Å². The molecule has 0 aliphatic carbocycles. The zero-order valence-corrected chi connectivity index (χ0v) is 9.63. The predicted molar refractivity (Wildman–Crippen MR) is 59.1 cm³/mol. The molecule has 0 saturated carbocycles. The lowest BCUT2D eigenvalue weighted by Gasteiger charge is -2.15. The number of hydrogen-bond acceptors (Lipinski definition) is 1. The van der Waals surface area contributed by atoms with Gasteiger partial charge in [-0.15, -0.1) is 0 Å². The van der Waals surface area contributed by atoms with Crippen LogP contribution >= 0.6 is 15.9 Å². The normalized spacial score (nSPS) is 10.8. The van der Waals surface area contributed by atoms with E-state index in [1.807, 2.05) is 12.1 Å². The number of phenolic OH excluding ortho intramolecular Hbond substituents is 1. The molecule has 1 rings (SSSR count). The monoisotopic (exact) mass is 242 g/mol. The lowest BCUT2D eigenvalue weighted by Crippen LogP contribution is -1.96. The van der Waals surface area contributed by atoms with Crippen LogP contribution in [0.2, 0.25) is 0 Å². The molecule has 0 atom stereocenters. The number of halogens is 1. The fourth-order valence-electron chi connectivity index (χ4n) is 1.63. The number of benzene rings is 1. The molecule has 13 heavy (non-hydrogen) atoms. The molecule has 0 heterocycles. The van der Waals surface area contributed by atoms with E-state index in [2.05, 4.69) is 29.8 Å². The average Bonchev–Trinajstić information content (AvgIpc) is 2.11. The van der Waals surface area contributed by atoms with Crippen LogP contribution in [-0.4, -0.2) is 5.11 Å². The molecule has 0 spiro atoms. The van der Waals surface area contributed by atoms with Gasteiger partial charge in [0.15, 0.2) is 0 Å². The molecular weight excluding hydrogens is 228 g/mol. The summed E-state index contributed by atoms with van der Waals surface area (Å²) >= 11 is 3.47. The van der Waals surface area contributed by atoms with Gasteiger partial charge < -0.3 is 5.11 Å². The van der Waals surface area contributed by atoms with E-state index in [1.165, 1.54) is 0 Å². The molecule has 1 nitrogen and oxygen atoms in total. The van der Waals surface area contributed by atoms with Crippen LogP contribution in [0.5, 0.6) is 5.75 Å². The Balaban J connectivity index is 3.10. The Morgan fingerprint density at radius 3 is 2.38 bits per heavy atom. The largest absolute Gasteiger partial charge is 0.508 e. The minimum absolute atomic E-state index is 0.406. The van der Waals surface area contributed by atoms with Crippen molar-refractivity contribution in [1.29, 1.82) is 0 Å². The third-order valence-electron chi connectivity index (χ3n) is 2.42. The van der Waals surface area contributed by atoms with Crippen LogP contribution in [-0.2, 0) is 0 Å². The maximum absolute atomic E-state index is 9.69. The Bertz CT molecular complexity index is 259. The van der Waals surface area contributed by atoms with E-state index in [-0.39, 0.29) is 0 Å². The molecule has 1 aromatic rings. The number of aromatic hydroxyl groups is 1. The minimum atomic E-state index is 0.406. The van der Waals surface area contributed by atoms with Crippen molar-refractivity contribution in [3.05, 3.63) is 28.2 Å². The van der Waals surface area contributed by atoms with Crippen molar-refractivity contribution in [2.24, 2.45) is 0 Å². The minimum Gasteiger partial charge on any atom is -0.508 e. The highest BCUT2D eigenvalue weighted by molar-refractivity contribution is 9.10. The molecular formula is C11H15BrO.